The molecular formula is C27H30N3O7. The van der Waals surface area contributed by atoms with E-state index in [0.29, 0.717) is 49.3 Å². The molecule has 4 atom stereocenters. The van der Waals surface area contributed by atoms with Crippen molar-refractivity contribution in [2.24, 2.45) is 5.11 Å². The fourth-order valence-electron chi connectivity index (χ4n) is 4.06. The Kier molecular flexibility index (Phi) is 10.5. The molecule has 0 spiro atoms. The Morgan fingerprint density at radius 3 is 2.08 bits per heavy atom. The van der Waals surface area contributed by atoms with Gasteiger partial charge in [0.1, 0.15) is 12.1 Å². The molecule has 1 aliphatic rings. The van der Waals surface area contributed by atoms with Crippen molar-refractivity contribution in [2.45, 2.75) is 63.4 Å². The lowest BCUT2D eigenvalue weighted by molar-refractivity contribution is -0.140. The predicted molar refractivity (Wildman–Crippen MR) is 133 cm³/mol. The van der Waals surface area contributed by atoms with Gasteiger partial charge < -0.3 is 18.9 Å². The number of hydrogen-bond acceptors (Lipinski definition) is 8. The first-order valence-corrected chi connectivity index (χ1v) is 12.1. The number of carbonyl (C=O) groups is 3. The van der Waals surface area contributed by atoms with Crippen LogP contribution in [0.4, 0.5) is 0 Å². The maximum absolute atomic E-state index is 13.0. The number of carbonyl (C=O) groups excluding carboxylic acids is 3. The molecule has 1 radical (unpaired) electrons. The van der Waals surface area contributed by atoms with Crippen molar-refractivity contribution in [3.05, 3.63) is 88.3 Å². The van der Waals surface area contributed by atoms with Crippen LogP contribution in [-0.4, -0.2) is 49.4 Å². The minimum Gasteiger partial charge on any atom is -0.469 e. The van der Waals surface area contributed by atoms with Crippen molar-refractivity contribution in [2.75, 3.05) is 7.11 Å². The Labute approximate surface area is 215 Å². The third-order valence-corrected chi connectivity index (χ3v) is 5.98. The highest BCUT2D eigenvalue weighted by atomic mass is 16.6. The zero-order valence-electron chi connectivity index (χ0n) is 20.8. The number of unbranched alkanes of at least 4 members (excludes halogenated alkanes) is 2. The fraction of sp³-hybridized carbons (Fsp3) is 0.407. The first-order chi connectivity index (χ1) is 17.9. The second kappa shape index (κ2) is 14.0. The summed E-state index contributed by atoms with van der Waals surface area (Å²) in [6.45, 7) is 1.70. The van der Waals surface area contributed by atoms with Gasteiger partial charge in [0.05, 0.1) is 24.3 Å². The van der Waals surface area contributed by atoms with Gasteiger partial charge in [-0.2, -0.15) is 0 Å². The first-order valence-electron chi connectivity index (χ1n) is 12.1. The van der Waals surface area contributed by atoms with Crippen LogP contribution in [0.5, 0.6) is 0 Å². The number of ether oxygens (including phenoxy) is 4. The van der Waals surface area contributed by atoms with E-state index >= 15 is 0 Å². The van der Waals surface area contributed by atoms with Crippen molar-refractivity contribution in [1.29, 1.82) is 0 Å². The van der Waals surface area contributed by atoms with Crippen molar-refractivity contribution in [3.8, 4) is 0 Å². The Morgan fingerprint density at radius 2 is 1.51 bits per heavy atom. The summed E-state index contributed by atoms with van der Waals surface area (Å²) in [6, 6.07) is 15.8. The zero-order chi connectivity index (χ0) is 26.6. The molecule has 3 rings (SSSR count). The molecule has 0 saturated carbocycles. The van der Waals surface area contributed by atoms with Crippen LogP contribution in [-0.2, 0) is 23.7 Å². The molecule has 10 nitrogen and oxygen atoms in total. The number of rotatable bonds is 11. The van der Waals surface area contributed by atoms with E-state index in [-0.39, 0.29) is 5.97 Å². The number of methoxy groups -OCH3 is 1. The molecule has 1 fully saturated rings. The molecule has 1 heterocycles. The Hall–Kier alpha value is -3.88. The number of nitrogens with zero attached hydrogens (tertiary/aromatic N) is 3. The molecule has 1 aliphatic heterocycles. The average Bonchev–Trinajstić information content (AvgIpc) is 2.92. The molecule has 2 aromatic carbocycles. The van der Waals surface area contributed by atoms with Gasteiger partial charge in [0.15, 0.2) is 12.2 Å². The normalized spacial score (nSPS) is 21.4. The van der Waals surface area contributed by atoms with Gasteiger partial charge in [0.25, 0.3) is 0 Å². The highest BCUT2D eigenvalue weighted by Gasteiger charge is 2.49. The molecule has 0 unspecified atom stereocenters. The van der Waals surface area contributed by atoms with Gasteiger partial charge in [-0.15, -0.1) is 0 Å². The Morgan fingerprint density at radius 1 is 0.919 bits per heavy atom. The van der Waals surface area contributed by atoms with Crippen molar-refractivity contribution in [1.82, 2.24) is 0 Å². The summed E-state index contributed by atoms with van der Waals surface area (Å²) in [5, 5.41) is 3.82. The molecule has 0 amide bonds. The van der Waals surface area contributed by atoms with E-state index in [4.69, 9.17) is 14.2 Å². The van der Waals surface area contributed by atoms with E-state index in [1.165, 1.54) is 7.11 Å². The minimum atomic E-state index is -1.11. The number of hydrogen-bond donors (Lipinski definition) is 0. The lowest BCUT2D eigenvalue weighted by Crippen LogP contribution is -2.55. The molecule has 0 aromatic heterocycles. The zero-order valence-corrected chi connectivity index (χ0v) is 20.8. The lowest BCUT2D eigenvalue weighted by atomic mass is 9.90. The third kappa shape index (κ3) is 7.80. The quantitative estimate of drug-likeness (QED) is 0.102. The summed E-state index contributed by atoms with van der Waals surface area (Å²) < 4.78 is 22.4. The minimum absolute atomic E-state index is 0.282. The summed E-state index contributed by atoms with van der Waals surface area (Å²) >= 11 is 0. The smallest absolute Gasteiger partial charge is 0.338 e. The van der Waals surface area contributed by atoms with E-state index in [1.807, 2.05) is 0 Å². The van der Waals surface area contributed by atoms with Gasteiger partial charge >= 0.3 is 17.9 Å². The average molecular weight is 509 g/mol. The second-order valence-corrected chi connectivity index (χ2v) is 8.55. The summed E-state index contributed by atoms with van der Waals surface area (Å²) in [4.78, 5) is 40.3. The highest BCUT2D eigenvalue weighted by molar-refractivity contribution is 5.90. The van der Waals surface area contributed by atoms with Gasteiger partial charge in [-0.25, -0.2) is 9.59 Å². The molecule has 10 heteroatoms. The molecule has 195 valence electrons. The number of azide groups is 1. The summed E-state index contributed by atoms with van der Waals surface area (Å²) in [5.74, 6) is -1.56. The maximum atomic E-state index is 13.0. The van der Waals surface area contributed by atoms with Crippen LogP contribution in [0, 0.1) is 6.10 Å². The maximum Gasteiger partial charge on any atom is 0.338 e. The van der Waals surface area contributed by atoms with E-state index in [0.717, 1.165) is 0 Å². The summed E-state index contributed by atoms with van der Waals surface area (Å²) in [5.41, 5.74) is 9.81. The van der Waals surface area contributed by atoms with E-state index in [2.05, 4.69) is 14.8 Å². The van der Waals surface area contributed by atoms with Crippen LogP contribution in [0.15, 0.2) is 65.8 Å². The number of benzene rings is 2. The van der Waals surface area contributed by atoms with Crippen molar-refractivity contribution >= 4 is 17.9 Å². The summed E-state index contributed by atoms with van der Waals surface area (Å²) in [6.07, 6.45) is 0.196. The second-order valence-electron chi connectivity index (χ2n) is 8.55. The van der Waals surface area contributed by atoms with Crippen molar-refractivity contribution < 1.29 is 33.3 Å². The monoisotopic (exact) mass is 508 g/mol. The van der Waals surface area contributed by atoms with Crippen LogP contribution in [0.2, 0.25) is 0 Å². The van der Waals surface area contributed by atoms with Gasteiger partial charge in [0.2, 0.25) is 0 Å². The van der Waals surface area contributed by atoms with E-state index < -0.39 is 36.3 Å². The highest BCUT2D eigenvalue weighted by Crippen LogP contribution is 2.36. The molecule has 2 aromatic rings. The third-order valence-electron chi connectivity index (χ3n) is 5.98. The molecular weight excluding hydrogens is 478 g/mol. The topological polar surface area (TPSA) is 137 Å². The Balaban J connectivity index is 1.84. The van der Waals surface area contributed by atoms with Gasteiger partial charge in [0, 0.05) is 11.3 Å². The van der Waals surface area contributed by atoms with Gasteiger partial charge in [-0.05, 0) is 49.6 Å². The van der Waals surface area contributed by atoms with Crippen LogP contribution < -0.4 is 0 Å². The SMILES string of the molecule is COC(=O)CCCCC[C]1O[C@H](C)[C@@H](N=[N+]=[N-])[C@H](OC(=O)c2ccccc2)[C@@H]1OC(=O)c1ccccc1. The van der Waals surface area contributed by atoms with E-state index in [1.54, 1.807) is 67.6 Å². The number of esters is 3. The van der Waals surface area contributed by atoms with Crippen LogP contribution in [0.25, 0.3) is 10.4 Å². The van der Waals surface area contributed by atoms with Crippen LogP contribution >= 0.6 is 0 Å². The predicted octanol–water partition coefficient (Wildman–Crippen LogP) is 5.19. The molecule has 0 aliphatic carbocycles. The molecule has 0 N–H and O–H groups in total. The standard InChI is InChI=1S/C27H30N3O7/c1-18-23(29-30-28)25(37-27(33)20-14-8-4-9-15-20)24(36-26(32)19-12-6-3-7-13-19)21(35-18)16-10-5-11-17-22(31)34-2/h3-4,6-9,12-15,18,23-25H,5,10-11,16-17H2,1-2H3/t18-,23-,24-,25+/m1/s1. The molecule has 37 heavy (non-hydrogen) atoms. The fourth-order valence-corrected chi connectivity index (χ4v) is 4.06. The van der Waals surface area contributed by atoms with Gasteiger partial charge in [-0.1, -0.05) is 54.4 Å². The first kappa shape index (κ1) is 27.7. The summed E-state index contributed by atoms with van der Waals surface area (Å²) in [7, 11) is 1.35. The largest absolute Gasteiger partial charge is 0.469 e. The Bertz CT molecular complexity index is 1090. The van der Waals surface area contributed by atoms with E-state index in [9.17, 15) is 19.9 Å². The lowest BCUT2D eigenvalue weighted by Gasteiger charge is -2.42. The molecule has 1 saturated heterocycles. The van der Waals surface area contributed by atoms with Crippen molar-refractivity contribution in [3.63, 3.8) is 0 Å². The van der Waals surface area contributed by atoms with Crippen LogP contribution in [0.3, 0.4) is 0 Å². The van der Waals surface area contributed by atoms with Gasteiger partial charge in [-0.3, -0.25) is 4.79 Å². The van der Waals surface area contributed by atoms with Crippen LogP contribution in [0.1, 0.15) is 59.7 Å². The molecule has 0 bridgehead atoms.